The number of anilines is 1. The van der Waals surface area contributed by atoms with Gasteiger partial charge in [0.25, 0.3) is 0 Å². The van der Waals surface area contributed by atoms with Gasteiger partial charge in [0, 0.05) is 27.6 Å². The second-order valence-corrected chi connectivity index (χ2v) is 9.59. The highest BCUT2D eigenvalue weighted by Gasteiger charge is 2.30. The molecule has 3 N–H and O–H groups in total. The molecule has 0 radical (unpaired) electrons. The summed E-state index contributed by atoms with van der Waals surface area (Å²) < 4.78 is 5.91. The molecule has 168 valence electrons. The predicted octanol–water partition coefficient (Wildman–Crippen LogP) is 6.39. The van der Waals surface area contributed by atoms with Crippen LogP contribution in [-0.2, 0) is 4.79 Å². The molecule has 1 heterocycles. The van der Waals surface area contributed by atoms with Gasteiger partial charge in [-0.1, -0.05) is 42.3 Å². The third kappa shape index (κ3) is 4.31. The zero-order valence-electron chi connectivity index (χ0n) is 18.0. The molecule has 1 fully saturated rings. The highest BCUT2D eigenvalue weighted by Crippen LogP contribution is 2.36. The average Bonchev–Trinajstić information content (AvgIpc) is 3.57. The molecule has 2 aliphatic rings. The van der Waals surface area contributed by atoms with E-state index in [4.69, 9.17) is 33.4 Å². The van der Waals surface area contributed by atoms with E-state index in [0.29, 0.717) is 16.0 Å². The smallest absolute Gasteiger partial charge is 0.231 e. The summed E-state index contributed by atoms with van der Waals surface area (Å²) in [5, 5.41) is 4.41. The summed E-state index contributed by atoms with van der Waals surface area (Å²) in [6.45, 7) is 2.12. The highest BCUT2D eigenvalue weighted by atomic mass is 35.5. The second kappa shape index (κ2) is 8.40. The number of allylic oxidation sites excluding steroid dienone is 4. The van der Waals surface area contributed by atoms with Gasteiger partial charge >= 0.3 is 0 Å². The third-order valence-corrected chi connectivity index (χ3v) is 6.56. The number of amides is 1. The van der Waals surface area contributed by atoms with Crippen molar-refractivity contribution >= 4 is 57.1 Å². The van der Waals surface area contributed by atoms with Crippen LogP contribution in [0, 0.1) is 11.8 Å². The minimum Gasteiger partial charge on any atom is -0.450 e. The number of ketones is 1. The number of benzene rings is 2. The monoisotopic (exact) mass is 480 g/mol. The number of halogens is 2. The Morgan fingerprint density at radius 1 is 1.12 bits per heavy atom. The Morgan fingerprint density at radius 2 is 1.91 bits per heavy atom. The Hall–Kier alpha value is -3.02. The molecule has 3 aromatic rings. The van der Waals surface area contributed by atoms with Crippen molar-refractivity contribution in [3.8, 4) is 0 Å². The van der Waals surface area contributed by atoms with Gasteiger partial charge in [0.1, 0.15) is 5.58 Å². The lowest BCUT2D eigenvalue weighted by Crippen LogP contribution is -2.26. The minimum atomic E-state index is -0.401. The number of nitrogen functional groups attached to an aromatic ring is 1. The fourth-order valence-corrected chi connectivity index (χ4v) is 4.63. The van der Waals surface area contributed by atoms with Crippen molar-refractivity contribution in [3.05, 3.63) is 81.2 Å². The van der Waals surface area contributed by atoms with E-state index in [0.717, 1.165) is 36.1 Å². The number of hydrogen-bond donors (Lipinski definition) is 2. The van der Waals surface area contributed by atoms with Gasteiger partial charge in [-0.2, -0.15) is 0 Å². The molecule has 0 spiro atoms. The molecule has 33 heavy (non-hydrogen) atoms. The lowest BCUT2D eigenvalue weighted by Gasteiger charge is -2.20. The maximum absolute atomic E-state index is 13.0. The van der Waals surface area contributed by atoms with Crippen molar-refractivity contribution in [3.63, 3.8) is 0 Å². The van der Waals surface area contributed by atoms with Gasteiger partial charge in [-0.15, -0.1) is 0 Å². The van der Waals surface area contributed by atoms with Gasteiger partial charge in [0.05, 0.1) is 10.7 Å². The standard InChI is InChI=1S/C26H22Cl2N2O3/c1-13-8-16(10-18(9-13)30-26(32)14-2-3-14)15-4-6-20-22(11-15)33-25(23(20)29)24(31)19-7-5-17(27)12-21(19)28/h4-8,10-14H,2-3,9,29H2,1H3,(H,30,32). The van der Waals surface area contributed by atoms with E-state index in [-0.39, 0.29) is 39.8 Å². The third-order valence-electron chi connectivity index (χ3n) is 6.01. The van der Waals surface area contributed by atoms with Gasteiger partial charge in [0.2, 0.25) is 11.7 Å². The quantitative estimate of drug-likeness (QED) is 0.414. The number of hydrogen-bond acceptors (Lipinski definition) is 4. The number of nitrogens with one attached hydrogen (secondary N) is 1. The van der Waals surface area contributed by atoms with Crippen molar-refractivity contribution in [2.24, 2.45) is 11.8 Å². The van der Waals surface area contributed by atoms with Crippen LogP contribution in [-0.4, -0.2) is 11.7 Å². The van der Waals surface area contributed by atoms with Crippen molar-refractivity contribution in [1.82, 2.24) is 5.32 Å². The van der Waals surface area contributed by atoms with Crippen LogP contribution < -0.4 is 11.1 Å². The van der Waals surface area contributed by atoms with Crippen LogP contribution in [0.3, 0.4) is 0 Å². The molecule has 1 unspecified atom stereocenters. The summed E-state index contributed by atoms with van der Waals surface area (Å²) in [6.07, 6.45) is 6.90. The Bertz CT molecular complexity index is 1370. The Kier molecular flexibility index (Phi) is 5.55. The number of rotatable bonds is 5. The number of fused-ring (bicyclic) bond motifs is 1. The van der Waals surface area contributed by atoms with Gasteiger partial charge in [-0.05, 0) is 72.7 Å². The first kappa shape index (κ1) is 21.8. The largest absolute Gasteiger partial charge is 0.450 e. The van der Waals surface area contributed by atoms with Gasteiger partial charge in [-0.25, -0.2) is 0 Å². The molecule has 1 aromatic heterocycles. The minimum absolute atomic E-state index is 0.0466. The molecule has 2 aliphatic carbocycles. The molecule has 1 amide bonds. The summed E-state index contributed by atoms with van der Waals surface area (Å²) in [6, 6.07) is 10.3. The zero-order valence-corrected chi connectivity index (χ0v) is 19.5. The molecule has 1 atom stereocenters. The van der Waals surface area contributed by atoms with Crippen molar-refractivity contribution in [1.29, 1.82) is 0 Å². The first-order valence-electron chi connectivity index (χ1n) is 10.9. The molecule has 1 saturated carbocycles. The Labute approximate surface area is 201 Å². The van der Waals surface area contributed by atoms with Crippen molar-refractivity contribution in [2.45, 2.75) is 26.2 Å². The molecule has 5 nitrogen and oxygen atoms in total. The molecular formula is C26H22Cl2N2O3. The van der Waals surface area contributed by atoms with Crippen LogP contribution in [0.1, 0.15) is 47.9 Å². The molecule has 5 rings (SSSR count). The fraction of sp³-hybridized carbons (Fsp3) is 0.231. The summed E-state index contributed by atoms with van der Waals surface area (Å²) in [4.78, 5) is 25.3. The van der Waals surface area contributed by atoms with Crippen LogP contribution in [0.2, 0.25) is 10.0 Å². The van der Waals surface area contributed by atoms with E-state index in [1.54, 1.807) is 12.1 Å². The first-order valence-corrected chi connectivity index (χ1v) is 11.6. The number of carbonyl (C=O) groups excluding carboxylic acids is 2. The van der Waals surface area contributed by atoms with E-state index >= 15 is 0 Å². The van der Waals surface area contributed by atoms with Crippen LogP contribution in [0.15, 0.2) is 58.7 Å². The van der Waals surface area contributed by atoms with Gasteiger partial charge < -0.3 is 15.5 Å². The topological polar surface area (TPSA) is 85.3 Å². The summed E-state index contributed by atoms with van der Waals surface area (Å²) >= 11 is 12.2. The van der Waals surface area contributed by atoms with Crippen LogP contribution >= 0.6 is 23.2 Å². The lowest BCUT2D eigenvalue weighted by molar-refractivity contribution is -0.121. The predicted molar refractivity (Wildman–Crippen MR) is 131 cm³/mol. The van der Waals surface area contributed by atoms with Crippen LogP contribution in [0.5, 0.6) is 0 Å². The van der Waals surface area contributed by atoms with Gasteiger partial charge in [-0.3, -0.25) is 9.59 Å². The van der Waals surface area contributed by atoms with Crippen molar-refractivity contribution in [2.75, 3.05) is 5.73 Å². The Morgan fingerprint density at radius 3 is 2.64 bits per heavy atom. The van der Waals surface area contributed by atoms with Crippen LogP contribution in [0.4, 0.5) is 5.69 Å². The van der Waals surface area contributed by atoms with E-state index in [1.165, 1.54) is 6.07 Å². The summed E-state index contributed by atoms with van der Waals surface area (Å²) in [5.74, 6) is 0.185. The zero-order chi connectivity index (χ0) is 23.3. The normalized spacial score (nSPS) is 18.1. The first-order chi connectivity index (χ1) is 15.8. The van der Waals surface area contributed by atoms with Gasteiger partial charge in [0.15, 0.2) is 5.76 Å². The number of nitrogens with two attached hydrogens (primary N) is 1. The molecular weight excluding hydrogens is 459 g/mol. The average molecular weight is 481 g/mol. The van der Waals surface area contributed by atoms with Crippen LogP contribution in [0.25, 0.3) is 16.5 Å². The van der Waals surface area contributed by atoms with E-state index in [9.17, 15) is 9.59 Å². The SMILES string of the molecule is CC1C=C(c2ccc3c(N)c(C(=O)c4ccc(Cl)cc4Cl)oc3c2)C=C(NC(=O)C2CC2)C1. The summed E-state index contributed by atoms with van der Waals surface area (Å²) in [7, 11) is 0. The fourth-order valence-electron chi connectivity index (χ4n) is 4.14. The lowest BCUT2D eigenvalue weighted by atomic mass is 9.91. The maximum atomic E-state index is 13.0. The van der Waals surface area contributed by atoms with E-state index in [2.05, 4.69) is 18.3 Å². The second-order valence-electron chi connectivity index (χ2n) is 8.75. The molecule has 0 aliphatic heterocycles. The molecule has 7 heteroatoms. The maximum Gasteiger partial charge on any atom is 0.231 e. The Balaban J connectivity index is 1.48. The van der Waals surface area contributed by atoms with E-state index < -0.39 is 5.78 Å². The number of carbonyl (C=O) groups is 2. The highest BCUT2D eigenvalue weighted by molar-refractivity contribution is 6.37. The molecule has 0 saturated heterocycles. The molecule has 2 aromatic carbocycles. The van der Waals surface area contributed by atoms with E-state index in [1.807, 2.05) is 24.3 Å². The molecule has 0 bridgehead atoms. The summed E-state index contributed by atoms with van der Waals surface area (Å²) in [5.41, 5.74) is 10.1. The van der Waals surface area contributed by atoms with Crippen molar-refractivity contribution < 1.29 is 14.0 Å². The number of furan rings is 1.